The average Bonchev–Trinajstić information content (AvgIpc) is 2.65. The minimum atomic E-state index is 0.623. The molecule has 2 heteroatoms. The van der Waals surface area contributed by atoms with E-state index in [9.17, 15) is 0 Å². The molecule has 1 aromatic heterocycles. The van der Waals surface area contributed by atoms with Crippen molar-refractivity contribution in [3.8, 4) is 0 Å². The molecule has 2 rings (SSSR count). The SMILES string of the molecule is CC(Cc1ccsc1)NCC1CC1C. The highest BCUT2D eigenvalue weighted by molar-refractivity contribution is 7.07. The van der Waals surface area contributed by atoms with Crippen LogP contribution in [0.4, 0.5) is 0 Å². The van der Waals surface area contributed by atoms with Crippen LogP contribution in [0.25, 0.3) is 0 Å². The Balaban J connectivity index is 1.66. The minimum absolute atomic E-state index is 0.623. The predicted molar refractivity (Wildman–Crippen MR) is 62.8 cm³/mol. The fourth-order valence-corrected chi connectivity index (χ4v) is 2.55. The first-order chi connectivity index (χ1) is 6.75. The van der Waals surface area contributed by atoms with E-state index in [1.807, 2.05) is 0 Å². The topological polar surface area (TPSA) is 12.0 Å². The lowest BCUT2D eigenvalue weighted by Crippen LogP contribution is -2.30. The third-order valence-electron chi connectivity index (χ3n) is 3.13. The number of rotatable bonds is 5. The van der Waals surface area contributed by atoms with Gasteiger partial charge in [0.2, 0.25) is 0 Å². The van der Waals surface area contributed by atoms with Crippen molar-refractivity contribution >= 4 is 11.3 Å². The first kappa shape index (κ1) is 10.2. The van der Waals surface area contributed by atoms with E-state index >= 15 is 0 Å². The van der Waals surface area contributed by atoms with Crippen LogP contribution in [0.3, 0.4) is 0 Å². The molecule has 0 aromatic carbocycles. The van der Waals surface area contributed by atoms with Crippen LogP contribution in [-0.2, 0) is 6.42 Å². The first-order valence-electron chi connectivity index (χ1n) is 5.50. The monoisotopic (exact) mass is 209 g/mol. The van der Waals surface area contributed by atoms with Crippen molar-refractivity contribution in [2.75, 3.05) is 6.54 Å². The molecule has 0 bridgehead atoms. The molecular weight excluding hydrogens is 190 g/mol. The van der Waals surface area contributed by atoms with Crippen LogP contribution in [0.1, 0.15) is 25.8 Å². The van der Waals surface area contributed by atoms with Crippen molar-refractivity contribution in [3.63, 3.8) is 0 Å². The van der Waals surface area contributed by atoms with Crippen molar-refractivity contribution < 1.29 is 0 Å². The van der Waals surface area contributed by atoms with Gasteiger partial charge in [-0.25, -0.2) is 0 Å². The van der Waals surface area contributed by atoms with E-state index in [4.69, 9.17) is 0 Å². The second kappa shape index (κ2) is 4.45. The van der Waals surface area contributed by atoms with Gasteiger partial charge in [0.1, 0.15) is 0 Å². The largest absolute Gasteiger partial charge is 0.314 e. The summed E-state index contributed by atoms with van der Waals surface area (Å²) >= 11 is 1.79. The molecule has 1 heterocycles. The van der Waals surface area contributed by atoms with Gasteiger partial charge in [-0.1, -0.05) is 6.92 Å². The van der Waals surface area contributed by atoms with Crippen LogP contribution in [-0.4, -0.2) is 12.6 Å². The Morgan fingerprint density at radius 1 is 1.64 bits per heavy atom. The summed E-state index contributed by atoms with van der Waals surface area (Å²) in [6, 6.07) is 2.85. The third-order valence-corrected chi connectivity index (χ3v) is 3.86. The summed E-state index contributed by atoms with van der Waals surface area (Å²) in [5.41, 5.74) is 1.47. The fraction of sp³-hybridized carbons (Fsp3) is 0.667. The molecule has 1 nitrogen and oxygen atoms in total. The fourth-order valence-electron chi connectivity index (χ4n) is 1.87. The summed E-state index contributed by atoms with van der Waals surface area (Å²) in [4.78, 5) is 0. The predicted octanol–water partition coefficient (Wildman–Crippen LogP) is 2.92. The summed E-state index contributed by atoms with van der Waals surface area (Å²) in [5, 5.41) is 8.02. The molecule has 1 aliphatic rings. The Bertz CT molecular complexity index is 268. The molecule has 78 valence electrons. The molecule has 0 aliphatic heterocycles. The van der Waals surface area contributed by atoms with Crippen molar-refractivity contribution in [3.05, 3.63) is 22.4 Å². The zero-order valence-electron chi connectivity index (χ0n) is 8.99. The van der Waals surface area contributed by atoms with Crippen LogP contribution in [0.15, 0.2) is 16.8 Å². The van der Waals surface area contributed by atoms with Gasteiger partial charge in [-0.05, 0) is 60.5 Å². The maximum absolute atomic E-state index is 3.62. The van der Waals surface area contributed by atoms with E-state index in [1.165, 1.54) is 24.9 Å². The Hall–Kier alpha value is -0.340. The lowest BCUT2D eigenvalue weighted by molar-refractivity contribution is 0.515. The van der Waals surface area contributed by atoms with Gasteiger partial charge in [0.05, 0.1) is 0 Å². The van der Waals surface area contributed by atoms with Gasteiger partial charge in [-0.2, -0.15) is 11.3 Å². The van der Waals surface area contributed by atoms with Crippen LogP contribution in [0.5, 0.6) is 0 Å². The molecule has 1 saturated carbocycles. The number of hydrogen-bond acceptors (Lipinski definition) is 2. The Labute approximate surface area is 90.5 Å². The Morgan fingerprint density at radius 3 is 3.00 bits per heavy atom. The van der Waals surface area contributed by atoms with Gasteiger partial charge >= 0.3 is 0 Å². The second-order valence-corrected chi connectivity index (χ2v) is 5.40. The van der Waals surface area contributed by atoms with E-state index in [0.717, 1.165) is 11.8 Å². The lowest BCUT2D eigenvalue weighted by atomic mass is 10.1. The minimum Gasteiger partial charge on any atom is -0.314 e. The molecule has 0 radical (unpaired) electrons. The van der Waals surface area contributed by atoms with E-state index in [2.05, 4.69) is 36.0 Å². The second-order valence-electron chi connectivity index (χ2n) is 4.62. The van der Waals surface area contributed by atoms with Crippen molar-refractivity contribution in [2.24, 2.45) is 11.8 Å². The number of hydrogen-bond donors (Lipinski definition) is 1. The van der Waals surface area contributed by atoms with E-state index in [1.54, 1.807) is 11.3 Å². The highest BCUT2D eigenvalue weighted by atomic mass is 32.1. The van der Waals surface area contributed by atoms with Crippen LogP contribution < -0.4 is 5.32 Å². The first-order valence-corrected chi connectivity index (χ1v) is 6.44. The maximum Gasteiger partial charge on any atom is 0.00795 e. The van der Waals surface area contributed by atoms with Crippen LogP contribution >= 0.6 is 11.3 Å². The Morgan fingerprint density at radius 2 is 2.43 bits per heavy atom. The number of thiophene rings is 1. The highest BCUT2D eigenvalue weighted by Crippen LogP contribution is 2.36. The quantitative estimate of drug-likeness (QED) is 0.786. The molecule has 0 spiro atoms. The molecule has 1 fully saturated rings. The van der Waals surface area contributed by atoms with Gasteiger partial charge in [-0.15, -0.1) is 0 Å². The van der Waals surface area contributed by atoms with Gasteiger partial charge in [0.15, 0.2) is 0 Å². The van der Waals surface area contributed by atoms with E-state index in [0.29, 0.717) is 6.04 Å². The average molecular weight is 209 g/mol. The van der Waals surface area contributed by atoms with Gasteiger partial charge in [0.25, 0.3) is 0 Å². The molecule has 1 aliphatic carbocycles. The summed E-state index contributed by atoms with van der Waals surface area (Å²) < 4.78 is 0. The van der Waals surface area contributed by atoms with Crippen LogP contribution in [0, 0.1) is 11.8 Å². The molecule has 0 saturated heterocycles. The molecule has 3 unspecified atom stereocenters. The van der Waals surface area contributed by atoms with E-state index < -0.39 is 0 Å². The van der Waals surface area contributed by atoms with Gasteiger partial charge in [0, 0.05) is 6.04 Å². The zero-order chi connectivity index (χ0) is 9.97. The van der Waals surface area contributed by atoms with Crippen LogP contribution in [0.2, 0.25) is 0 Å². The van der Waals surface area contributed by atoms with Gasteiger partial charge in [-0.3, -0.25) is 0 Å². The lowest BCUT2D eigenvalue weighted by Gasteiger charge is -2.12. The molecular formula is C12H19NS. The van der Waals surface area contributed by atoms with Gasteiger partial charge < -0.3 is 5.32 Å². The van der Waals surface area contributed by atoms with Crippen molar-refractivity contribution in [2.45, 2.75) is 32.7 Å². The summed E-state index contributed by atoms with van der Waals surface area (Å²) in [6.07, 6.45) is 2.60. The smallest absolute Gasteiger partial charge is 0.00795 e. The summed E-state index contributed by atoms with van der Waals surface area (Å²) in [7, 11) is 0. The third kappa shape index (κ3) is 2.82. The maximum atomic E-state index is 3.62. The molecule has 0 amide bonds. The molecule has 1 aromatic rings. The molecule has 14 heavy (non-hydrogen) atoms. The highest BCUT2D eigenvalue weighted by Gasteiger charge is 2.31. The van der Waals surface area contributed by atoms with Crippen molar-refractivity contribution in [1.82, 2.24) is 5.32 Å². The standard InChI is InChI=1S/C12H19NS/c1-9-5-12(9)7-13-10(2)6-11-3-4-14-8-11/h3-4,8-10,12-13H,5-7H2,1-2H3. The molecule has 3 atom stereocenters. The number of nitrogens with one attached hydrogen (secondary N) is 1. The summed E-state index contributed by atoms with van der Waals surface area (Å²) in [6.45, 7) is 5.84. The van der Waals surface area contributed by atoms with Crippen molar-refractivity contribution in [1.29, 1.82) is 0 Å². The normalized spacial score (nSPS) is 27.6. The molecule has 1 N–H and O–H groups in total. The summed E-state index contributed by atoms with van der Waals surface area (Å²) in [5.74, 6) is 1.93. The zero-order valence-corrected chi connectivity index (χ0v) is 9.81. The van der Waals surface area contributed by atoms with E-state index in [-0.39, 0.29) is 0 Å². The Kier molecular flexibility index (Phi) is 3.24.